The number of rotatable bonds is 4. The third-order valence-electron chi connectivity index (χ3n) is 2.93. The van der Waals surface area contributed by atoms with Gasteiger partial charge in [-0.25, -0.2) is 0 Å². The summed E-state index contributed by atoms with van der Waals surface area (Å²) in [5, 5.41) is 6.76. The van der Waals surface area contributed by atoms with Crippen LogP contribution in [0.15, 0.2) is 42.5 Å². The predicted molar refractivity (Wildman–Crippen MR) is 90.6 cm³/mol. The highest BCUT2D eigenvalue weighted by molar-refractivity contribution is 7.80. The van der Waals surface area contributed by atoms with Crippen LogP contribution in [0.4, 0.5) is 11.4 Å². The average molecular weight is 302 g/mol. The Bertz CT molecular complexity index is 644. The lowest BCUT2D eigenvalue weighted by Crippen LogP contribution is -2.19. The lowest BCUT2D eigenvalue weighted by molar-refractivity contribution is 0.415. The first kappa shape index (κ1) is 15.1. The quantitative estimate of drug-likeness (QED) is 0.840. The second-order valence-corrected chi connectivity index (χ2v) is 4.92. The molecule has 5 heteroatoms. The minimum atomic E-state index is 0.493. The number of anilines is 2. The van der Waals surface area contributed by atoms with Gasteiger partial charge in [-0.1, -0.05) is 12.1 Å². The van der Waals surface area contributed by atoms with Crippen LogP contribution < -0.4 is 20.1 Å². The van der Waals surface area contributed by atoms with Gasteiger partial charge >= 0.3 is 0 Å². The highest BCUT2D eigenvalue weighted by Gasteiger charge is 2.06. The lowest BCUT2D eigenvalue weighted by atomic mass is 10.2. The van der Waals surface area contributed by atoms with Crippen molar-refractivity contribution in [1.29, 1.82) is 0 Å². The lowest BCUT2D eigenvalue weighted by Gasteiger charge is -2.14. The van der Waals surface area contributed by atoms with Crippen molar-refractivity contribution in [1.82, 2.24) is 0 Å². The smallest absolute Gasteiger partial charge is 0.175 e. The summed E-state index contributed by atoms with van der Waals surface area (Å²) in [5.74, 6) is 1.52. The number of benzene rings is 2. The summed E-state index contributed by atoms with van der Waals surface area (Å²) >= 11 is 5.33. The standard InChI is InChI=1S/C16H18N2O2S/c1-11-7-8-15(20-3)14(9-11)18-16(21)17-12-5-4-6-13(10-12)19-2/h4-10H,1-3H3,(H2,17,18,21). The number of hydrogen-bond acceptors (Lipinski definition) is 3. The molecule has 0 bridgehead atoms. The van der Waals surface area contributed by atoms with Crippen molar-refractivity contribution in [2.45, 2.75) is 6.92 Å². The van der Waals surface area contributed by atoms with Gasteiger partial charge in [-0.2, -0.15) is 0 Å². The Kier molecular flexibility index (Phi) is 5.00. The van der Waals surface area contributed by atoms with Crippen molar-refractivity contribution >= 4 is 28.7 Å². The van der Waals surface area contributed by atoms with Crippen LogP contribution in [0.1, 0.15) is 5.56 Å². The van der Waals surface area contributed by atoms with Crippen molar-refractivity contribution in [3.8, 4) is 11.5 Å². The molecular formula is C16H18N2O2S. The van der Waals surface area contributed by atoms with Crippen molar-refractivity contribution in [3.05, 3.63) is 48.0 Å². The van der Waals surface area contributed by atoms with E-state index in [9.17, 15) is 0 Å². The topological polar surface area (TPSA) is 42.5 Å². The first-order valence-electron chi connectivity index (χ1n) is 6.49. The van der Waals surface area contributed by atoms with Gasteiger partial charge < -0.3 is 20.1 Å². The first-order valence-corrected chi connectivity index (χ1v) is 6.90. The van der Waals surface area contributed by atoms with Gasteiger partial charge in [0.15, 0.2) is 5.11 Å². The summed E-state index contributed by atoms with van der Waals surface area (Å²) in [4.78, 5) is 0. The number of nitrogens with one attached hydrogen (secondary N) is 2. The van der Waals surface area contributed by atoms with E-state index in [0.29, 0.717) is 5.11 Å². The van der Waals surface area contributed by atoms with Crippen molar-refractivity contribution < 1.29 is 9.47 Å². The average Bonchev–Trinajstić information content (AvgIpc) is 2.47. The molecule has 0 atom stereocenters. The molecule has 2 aromatic rings. The van der Waals surface area contributed by atoms with E-state index in [1.54, 1.807) is 14.2 Å². The summed E-state index contributed by atoms with van der Waals surface area (Å²) in [6.07, 6.45) is 0. The molecule has 0 saturated heterocycles. The molecule has 0 fully saturated rings. The van der Waals surface area contributed by atoms with Crippen LogP contribution in [0.5, 0.6) is 11.5 Å². The fourth-order valence-electron chi connectivity index (χ4n) is 1.90. The molecule has 0 aliphatic carbocycles. The van der Waals surface area contributed by atoms with E-state index < -0.39 is 0 Å². The van der Waals surface area contributed by atoms with Gasteiger partial charge in [-0.05, 0) is 49.0 Å². The Labute approximate surface area is 130 Å². The summed E-state index contributed by atoms with van der Waals surface area (Å²) in [7, 11) is 3.27. The third kappa shape index (κ3) is 4.10. The second-order valence-electron chi connectivity index (χ2n) is 4.51. The van der Waals surface area contributed by atoms with Gasteiger partial charge in [0.2, 0.25) is 0 Å². The van der Waals surface area contributed by atoms with Crippen LogP contribution in [0.2, 0.25) is 0 Å². The van der Waals surface area contributed by atoms with Gasteiger partial charge in [0, 0.05) is 11.8 Å². The monoisotopic (exact) mass is 302 g/mol. The summed E-state index contributed by atoms with van der Waals surface area (Å²) in [6, 6.07) is 13.5. The summed E-state index contributed by atoms with van der Waals surface area (Å²) in [6.45, 7) is 2.02. The maximum absolute atomic E-state index is 5.33. The molecule has 0 heterocycles. The van der Waals surface area contributed by atoms with Crippen molar-refractivity contribution in [2.75, 3.05) is 24.9 Å². The van der Waals surface area contributed by atoms with Crippen molar-refractivity contribution in [2.24, 2.45) is 0 Å². The molecule has 21 heavy (non-hydrogen) atoms. The Morgan fingerprint density at radius 2 is 1.81 bits per heavy atom. The van der Waals surface area contributed by atoms with E-state index in [1.807, 2.05) is 49.4 Å². The second kappa shape index (κ2) is 6.95. The Morgan fingerprint density at radius 1 is 1.00 bits per heavy atom. The number of thiocarbonyl (C=S) groups is 1. The third-order valence-corrected chi connectivity index (χ3v) is 3.13. The molecule has 110 valence electrons. The van der Waals surface area contributed by atoms with E-state index in [-0.39, 0.29) is 0 Å². The maximum atomic E-state index is 5.33. The molecular weight excluding hydrogens is 284 g/mol. The maximum Gasteiger partial charge on any atom is 0.175 e. The van der Waals surface area contributed by atoms with Crippen LogP contribution in [0, 0.1) is 6.92 Å². The van der Waals surface area contributed by atoms with E-state index in [4.69, 9.17) is 21.7 Å². The van der Waals surface area contributed by atoms with E-state index in [0.717, 1.165) is 28.4 Å². The molecule has 0 aliphatic rings. The van der Waals surface area contributed by atoms with Crippen LogP contribution >= 0.6 is 12.2 Å². The Hall–Kier alpha value is -2.27. The highest BCUT2D eigenvalue weighted by atomic mass is 32.1. The van der Waals surface area contributed by atoms with Crippen LogP contribution in [0.3, 0.4) is 0 Å². The van der Waals surface area contributed by atoms with Crippen LogP contribution in [-0.2, 0) is 0 Å². The minimum absolute atomic E-state index is 0.493. The van der Waals surface area contributed by atoms with Gasteiger partial charge in [0.05, 0.1) is 19.9 Å². The number of hydrogen-bond donors (Lipinski definition) is 2. The van der Waals surface area contributed by atoms with E-state index in [1.165, 1.54) is 0 Å². The van der Waals surface area contributed by atoms with Gasteiger partial charge in [0.1, 0.15) is 11.5 Å². The molecule has 0 saturated carbocycles. The number of aryl methyl sites for hydroxylation is 1. The molecule has 0 amide bonds. The number of ether oxygens (including phenoxy) is 2. The van der Waals surface area contributed by atoms with Crippen LogP contribution in [-0.4, -0.2) is 19.3 Å². The van der Waals surface area contributed by atoms with Gasteiger partial charge in [-0.15, -0.1) is 0 Å². The normalized spacial score (nSPS) is 9.86. The Morgan fingerprint density at radius 3 is 2.52 bits per heavy atom. The van der Waals surface area contributed by atoms with Gasteiger partial charge in [0.25, 0.3) is 0 Å². The molecule has 2 rings (SSSR count). The zero-order chi connectivity index (χ0) is 15.2. The van der Waals surface area contributed by atoms with E-state index in [2.05, 4.69) is 10.6 Å². The first-order chi connectivity index (χ1) is 10.1. The molecule has 0 aromatic heterocycles. The summed E-state index contributed by atoms with van der Waals surface area (Å²) < 4.78 is 10.5. The minimum Gasteiger partial charge on any atom is -0.497 e. The predicted octanol–water partition coefficient (Wildman–Crippen LogP) is 3.82. The molecule has 0 unspecified atom stereocenters. The molecule has 0 aliphatic heterocycles. The molecule has 2 aromatic carbocycles. The van der Waals surface area contributed by atoms with Crippen LogP contribution in [0.25, 0.3) is 0 Å². The fourth-order valence-corrected chi connectivity index (χ4v) is 2.13. The summed E-state index contributed by atoms with van der Waals surface area (Å²) in [5.41, 5.74) is 2.82. The highest BCUT2D eigenvalue weighted by Crippen LogP contribution is 2.25. The zero-order valence-electron chi connectivity index (χ0n) is 12.3. The molecule has 0 spiro atoms. The zero-order valence-corrected chi connectivity index (χ0v) is 13.1. The number of methoxy groups -OCH3 is 2. The molecule has 0 radical (unpaired) electrons. The Balaban J connectivity index is 2.09. The molecule has 2 N–H and O–H groups in total. The SMILES string of the molecule is COc1cccc(NC(=S)Nc2cc(C)ccc2OC)c1. The van der Waals surface area contributed by atoms with Gasteiger partial charge in [-0.3, -0.25) is 0 Å². The van der Waals surface area contributed by atoms with Crippen molar-refractivity contribution in [3.63, 3.8) is 0 Å². The largest absolute Gasteiger partial charge is 0.497 e. The molecule has 4 nitrogen and oxygen atoms in total. The fraction of sp³-hybridized carbons (Fsp3) is 0.188. The van der Waals surface area contributed by atoms with E-state index >= 15 is 0 Å².